The number of piperidine rings is 1. The highest BCUT2D eigenvalue weighted by Gasteiger charge is 2.23. The Hall–Kier alpha value is -0.830. The minimum atomic E-state index is 0.652. The number of hydrogen-bond acceptors (Lipinski definition) is 2. The highest BCUT2D eigenvalue weighted by atomic mass is 15.1. The molecule has 3 nitrogen and oxygen atoms in total. The fourth-order valence-electron chi connectivity index (χ4n) is 3.01. The van der Waals surface area contributed by atoms with E-state index < -0.39 is 0 Å². The molecule has 1 aromatic rings. The van der Waals surface area contributed by atoms with Crippen LogP contribution in [0.1, 0.15) is 56.1 Å². The van der Waals surface area contributed by atoms with Gasteiger partial charge in [0, 0.05) is 31.1 Å². The van der Waals surface area contributed by atoms with Crippen molar-refractivity contribution in [2.75, 3.05) is 13.1 Å². The number of aromatic nitrogens is 2. The van der Waals surface area contributed by atoms with Crippen molar-refractivity contribution in [3.63, 3.8) is 0 Å². The third-order valence-electron chi connectivity index (χ3n) is 4.04. The summed E-state index contributed by atoms with van der Waals surface area (Å²) in [5.41, 5.74) is 1.33. The molecule has 3 heteroatoms. The third kappa shape index (κ3) is 1.77. The number of aryl methyl sites for hydroxylation is 1. The summed E-state index contributed by atoms with van der Waals surface area (Å²) in [7, 11) is 0. The quantitative estimate of drug-likeness (QED) is 0.785. The van der Waals surface area contributed by atoms with Gasteiger partial charge in [0.25, 0.3) is 0 Å². The highest BCUT2D eigenvalue weighted by Crippen LogP contribution is 2.28. The first-order chi connectivity index (χ1) is 7.84. The third-order valence-corrected chi connectivity index (χ3v) is 4.04. The lowest BCUT2D eigenvalue weighted by atomic mass is 9.97. The molecule has 3 rings (SSSR count). The molecule has 1 fully saturated rings. The number of nitrogens with one attached hydrogen (secondary N) is 1. The Morgan fingerprint density at radius 3 is 3.06 bits per heavy atom. The molecule has 1 N–H and O–H groups in total. The lowest BCUT2D eigenvalue weighted by molar-refractivity contribution is 0.425. The van der Waals surface area contributed by atoms with Gasteiger partial charge in [0.2, 0.25) is 0 Å². The van der Waals surface area contributed by atoms with Gasteiger partial charge >= 0.3 is 0 Å². The van der Waals surface area contributed by atoms with Crippen LogP contribution >= 0.6 is 0 Å². The van der Waals surface area contributed by atoms with Gasteiger partial charge < -0.3 is 9.88 Å². The normalized spacial score (nSPS) is 30.1. The Kier molecular flexibility index (Phi) is 2.72. The van der Waals surface area contributed by atoms with Crippen LogP contribution in [-0.2, 0) is 6.42 Å². The van der Waals surface area contributed by atoms with Crippen molar-refractivity contribution < 1.29 is 0 Å². The number of fused-ring (bicyclic) bond motifs is 1. The van der Waals surface area contributed by atoms with Crippen molar-refractivity contribution in [1.29, 1.82) is 0 Å². The van der Waals surface area contributed by atoms with E-state index >= 15 is 0 Å². The molecule has 0 bridgehead atoms. The number of imidazole rings is 1. The Balaban J connectivity index is 1.85. The molecule has 2 atom stereocenters. The lowest BCUT2D eigenvalue weighted by Gasteiger charge is -2.21. The zero-order chi connectivity index (χ0) is 11.0. The summed E-state index contributed by atoms with van der Waals surface area (Å²) in [6, 6.07) is 0.654. The summed E-state index contributed by atoms with van der Waals surface area (Å²) in [4.78, 5) is 4.85. The Labute approximate surface area is 97.3 Å². The Bertz CT molecular complexity index is 363. The maximum Gasteiger partial charge on any atom is 0.109 e. The molecule has 0 unspecified atom stereocenters. The largest absolute Gasteiger partial charge is 0.332 e. The first-order valence-electron chi connectivity index (χ1n) is 6.63. The molecule has 3 heterocycles. The molecule has 1 saturated heterocycles. The number of nitrogens with zero attached hydrogens (tertiary/aromatic N) is 2. The van der Waals surface area contributed by atoms with Gasteiger partial charge in [-0.1, -0.05) is 0 Å². The van der Waals surface area contributed by atoms with E-state index in [2.05, 4.69) is 23.0 Å². The smallest absolute Gasteiger partial charge is 0.109 e. The molecule has 0 aliphatic carbocycles. The molecule has 0 spiro atoms. The number of rotatable bonds is 1. The SMILES string of the molecule is C[C@@H]1CCCc2nc([C@H]3CCCNC3)cn21. The van der Waals surface area contributed by atoms with Crippen LogP contribution in [0.2, 0.25) is 0 Å². The highest BCUT2D eigenvalue weighted by molar-refractivity contribution is 5.13. The van der Waals surface area contributed by atoms with Crippen LogP contribution < -0.4 is 5.32 Å². The summed E-state index contributed by atoms with van der Waals surface area (Å²) in [6.45, 7) is 4.61. The van der Waals surface area contributed by atoms with Gasteiger partial charge in [0.1, 0.15) is 5.82 Å². The molecule has 88 valence electrons. The van der Waals surface area contributed by atoms with Crippen molar-refractivity contribution in [1.82, 2.24) is 14.9 Å². The van der Waals surface area contributed by atoms with Crippen molar-refractivity contribution >= 4 is 0 Å². The topological polar surface area (TPSA) is 29.9 Å². The number of hydrogen-bond donors (Lipinski definition) is 1. The van der Waals surface area contributed by atoms with Gasteiger partial charge in [-0.05, 0) is 39.2 Å². The minimum Gasteiger partial charge on any atom is -0.332 e. The summed E-state index contributed by atoms with van der Waals surface area (Å²) >= 11 is 0. The standard InChI is InChI=1S/C13H21N3/c1-10-4-2-6-13-15-12(9-16(10)13)11-5-3-7-14-8-11/h9-11,14H,2-8H2,1H3/t10-,11+/m1/s1. The first-order valence-corrected chi connectivity index (χ1v) is 6.63. The van der Waals surface area contributed by atoms with E-state index in [1.807, 2.05) is 0 Å². The van der Waals surface area contributed by atoms with E-state index in [1.54, 1.807) is 0 Å². The molecule has 2 aliphatic rings. The van der Waals surface area contributed by atoms with E-state index in [-0.39, 0.29) is 0 Å². The second-order valence-electron chi connectivity index (χ2n) is 5.27. The van der Waals surface area contributed by atoms with E-state index in [1.165, 1.54) is 50.2 Å². The summed E-state index contributed by atoms with van der Waals surface area (Å²) in [5, 5.41) is 3.48. The molecule has 0 radical (unpaired) electrons. The Morgan fingerprint density at radius 1 is 1.38 bits per heavy atom. The average Bonchev–Trinajstić information content (AvgIpc) is 2.76. The average molecular weight is 219 g/mol. The molecule has 0 amide bonds. The van der Waals surface area contributed by atoms with Crippen molar-refractivity contribution in [3.8, 4) is 0 Å². The van der Waals surface area contributed by atoms with E-state index in [4.69, 9.17) is 4.98 Å². The zero-order valence-corrected chi connectivity index (χ0v) is 10.1. The van der Waals surface area contributed by atoms with Gasteiger partial charge in [-0.25, -0.2) is 4.98 Å². The predicted octanol–water partition coefficient (Wildman–Crippen LogP) is 2.25. The maximum atomic E-state index is 4.85. The summed E-state index contributed by atoms with van der Waals surface area (Å²) in [5.74, 6) is 1.97. The molecule has 16 heavy (non-hydrogen) atoms. The minimum absolute atomic E-state index is 0.652. The molecular formula is C13H21N3. The van der Waals surface area contributed by atoms with Crippen LogP contribution in [0, 0.1) is 0 Å². The summed E-state index contributed by atoms with van der Waals surface area (Å²) in [6.07, 6.45) is 8.70. The first kappa shape index (κ1) is 10.3. The monoisotopic (exact) mass is 219 g/mol. The van der Waals surface area contributed by atoms with Crippen molar-refractivity contribution in [3.05, 3.63) is 17.7 Å². The van der Waals surface area contributed by atoms with Crippen LogP contribution in [0.5, 0.6) is 0 Å². The van der Waals surface area contributed by atoms with Crippen molar-refractivity contribution in [2.45, 2.75) is 51.0 Å². The van der Waals surface area contributed by atoms with Crippen LogP contribution in [0.15, 0.2) is 6.20 Å². The fraction of sp³-hybridized carbons (Fsp3) is 0.769. The molecule has 0 aromatic carbocycles. The van der Waals surface area contributed by atoms with Crippen LogP contribution in [0.25, 0.3) is 0 Å². The van der Waals surface area contributed by atoms with Gasteiger partial charge in [0.05, 0.1) is 5.69 Å². The Morgan fingerprint density at radius 2 is 2.31 bits per heavy atom. The van der Waals surface area contributed by atoms with E-state index in [9.17, 15) is 0 Å². The van der Waals surface area contributed by atoms with Gasteiger partial charge in [-0.15, -0.1) is 0 Å². The van der Waals surface area contributed by atoms with Gasteiger partial charge in [-0.2, -0.15) is 0 Å². The summed E-state index contributed by atoms with van der Waals surface area (Å²) < 4.78 is 2.41. The van der Waals surface area contributed by atoms with Crippen molar-refractivity contribution in [2.24, 2.45) is 0 Å². The molecule has 1 aromatic heterocycles. The van der Waals surface area contributed by atoms with Gasteiger partial charge in [-0.3, -0.25) is 0 Å². The molecule has 2 aliphatic heterocycles. The van der Waals surface area contributed by atoms with E-state index in [0.717, 1.165) is 6.54 Å². The second kappa shape index (κ2) is 4.21. The molecule has 0 saturated carbocycles. The second-order valence-corrected chi connectivity index (χ2v) is 5.27. The van der Waals surface area contributed by atoms with E-state index in [0.29, 0.717) is 12.0 Å². The van der Waals surface area contributed by atoms with Crippen LogP contribution in [0.3, 0.4) is 0 Å². The predicted molar refractivity (Wildman–Crippen MR) is 64.7 cm³/mol. The fourth-order valence-corrected chi connectivity index (χ4v) is 3.01. The van der Waals surface area contributed by atoms with Crippen LogP contribution in [-0.4, -0.2) is 22.6 Å². The molecular weight excluding hydrogens is 198 g/mol. The lowest BCUT2D eigenvalue weighted by Crippen LogP contribution is -2.28. The zero-order valence-electron chi connectivity index (χ0n) is 10.1. The van der Waals surface area contributed by atoms with Crippen LogP contribution in [0.4, 0.5) is 0 Å². The maximum absolute atomic E-state index is 4.85. The van der Waals surface area contributed by atoms with Gasteiger partial charge in [0.15, 0.2) is 0 Å².